The summed E-state index contributed by atoms with van der Waals surface area (Å²) in [5, 5.41) is 3.53. The van der Waals surface area contributed by atoms with Crippen molar-refractivity contribution in [2.24, 2.45) is 5.92 Å². The van der Waals surface area contributed by atoms with Crippen LogP contribution in [-0.2, 0) is 0 Å². The third-order valence-electron chi connectivity index (χ3n) is 3.46. The molecule has 0 bridgehead atoms. The predicted octanol–water partition coefficient (Wildman–Crippen LogP) is 2.84. The summed E-state index contributed by atoms with van der Waals surface area (Å²) in [6.45, 7) is 6.24. The molecule has 2 rings (SSSR count). The molecule has 0 aliphatic carbocycles. The van der Waals surface area contributed by atoms with Gasteiger partial charge in [0.2, 0.25) is 0 Å². The molecule has 1 aliphatic heterocycles. The molecule has 1 aromatic carbocycles. The molecule has 1 heterocycles. The number of piperidine rings is 1. The standard InChI is InChI=1S/C15H24N2O/c1-3-18-15-8-4-7-14(10-15)16-11-13-6-5-9-17(2)12-13/h4,7-8,10,13,16H,3,5-6,9,11-12H2,1-2H3. The lowest BCUT2D eigenvalue weighted by molar-refractivity contribution is 0.217. The van der Waals surface area contributed by atoms with Crippen molar-refractivity contribution in [2.75, 3.05) is 38.6 Å². The molecule has 1 N–H and O–H groups in total. The van der Waals surface area contributed by atoms with E-state index >= 15 is 0 Å². The summed E-state index contributed by atoms with van der Waals surface area (Å²) in [4.78, 5) is 2.42. The van der Waals surface area contributed by atoms with Gasteiger partial charge >= 0.3 is 0 Å². The molecule has 0 saturated carbocycles. The van der Waals surface area contributed by atoms with E-state index in [4.69, 9.17) is 4.74 Å². The SMILES string of the molecule is CCOc1cccc(NCC2CCCN(C)C2)c1. The van der Waals surface area contributed by atoms with E-state index in [1.54, 1.807) is 0 Å². The Morgan fingerprint density at radius 1 is 1.44 bits per heavy atom. The molecule has 100 valence electrons. The van der Waals surface area contributed by atoms with Crippen molar-refractivity contribution < 1.29 is 4.74 Å². The van der Waals surface area contributed by atoms with Crippen LogP contribution >= 0.6 is 0 Å². The van der Waals surface area contributed by atoms with Gasteiger partial charge in [-0.25, -0.2) is 0 Å². The van der Waals surface area contributed by atoms with E-state index in [9.17, 15) is 0 Å². The number of hydrogen-bond donors (Lipinski definition) is 1. The highest BCUT2D eigenvalue weighted by Gasteiger charge is 2.16. The molecule has 1 unspecified atom stereocenters. The third-order valence-corrected chi connectivity index (χ3v) is 3.46. The molecular weight excluding hydrogens is 224 g/mol. The van der Waals surface area contributed by atoms with Gasteiger partial charge in [0, 0.05) is 24.8 Å². The molecule has 0 amide bonds. The molecule has 1 fully saturated rings. The Hall–Kier alpha value is -1.22. The van der Waals surface area contributed by atoms with Crippen molar-refractivity contribution in [3.63, 3.8) is 0 Å². The number of ether oxygens (including phenoxy) is 1. The summed E-state index contributed by atoms with van der Waals surface area (Å²) in [5.74, 6) is 1.71. The van der Waals surface area contributed by atoms with Crippen LogP contribution in [0.25, 0.3) is 0 Å². The van der Waals surface area contributed by atoms with Crippen LogP contribution in [-0.4, -0.2) is 38.2 Å². The second-order valence-electron chi connectivity index (χ2n) is 5.11. The number of likely N-dealkylation sites (tertiary alicyclic amines) is 1. The van der Waals surface area contributed by atoms with Gasteiger partial charge in [0.25, 0.3) is 0 Å². The highest BCUT2D eigenvalue weighted by atomic mass is 16.5. The van der Waals surface area contributed by atoms with Crippen molar-refractivity contribution in [3.8, 4) is 5.75 Å². The lowest BCUT2D eigenvalue weighted by Gasteiger charge is -2.30. The van der Waals surface area contributed by atoms with Crippen LogP contribution < -0.4 is 10.1 Å². The summed E-state index contributed by atoms with van der Waals surface area (Å²) in [6.07, 6.45) is 2.66. The van der Waals surface area contributed by atoms with E-state index in [0.717, 1.165) is 30.5 Å². The van der Waals surface area contributed by atoms with Gasteiger partial charge in [0.1, 0.15) is 5.75 Å². The van der Waals surface area contributed by atoms with Gasteiger partial charge < -0.3 is 15.0 Å². The van der Waals surface area contributed by atoms with Crippen molar-refractivity contribution in [1.29, 1.82) is 0 Å². The van der Waals surface area contributed by atoms with E-state index < -0.39 is 0 Å². The van der Waals surface area contributed by atoms with Gasteiger partial charge in [-0.15, -0.1) is 0 Å². The van der Waals surface area contributed by atoms with Crippen LogP contribution in [0.5, 0.6) is 5.75 Å². The molecular formula is C15H24N2O. The molecule has 0 radical (unpaired) electrons. The zero-order valence-corrected chi connectivity index (χ0v) is 11.5. The van der Waals surface area contributed by atoms with Crippen LogP contribution in [0.15, 0.2) is 24.3 Å². The molecule has 18 heavy (non-hydrogen) atoms. The second kappa shape index (κ2) is 6.64. The van der Waals surface area contributed by atoms with Gasteiger partial charge in [-0.1, -0.05) is 6.07 Å². The Morgan fingerprint density at radius 3 is 3.11 bits per heavy atom. The minimum atomic E-state index is 0.719. The van der Waals surface area contributed by atoms with Gasteiger partial charge in [0.15, 0.2) is 0 Å². The zero-order valence-electron chi connectivity index (χ0n) is 11.5. The molecule has 0 spiro atoms. The zero-order chi connectivity index (χ0) is 12.8. The first-order chi connectivity index (χ1) is 8.78. The van der Waals surface area contributed by atoms with Crippen molar-refractivity contribution in [1.82, 2.24) is 4.90 Å². The number of anilines is 1. The molecule has 3 nitrogen and oxygen atoms in total. The fourth-order valence-corrected chi connectivity index (χ4v) is 2.56. The van der Waals surface area contributed by atoms with Crippen LogP contribution in [0.3, 0.4) is 0 Å². The molecule has 0 aromatic heterocycles. The fourth-order valence-electron chi connectivity index (χ4n) is 2.56. The maximum atomic E-state index is 5.51. The van der Waals surface area contributed by atoms with Gasteiger partial charge in [-0.2, -0.15) is 0 Å². The van der Waals surface area contributed by atoms with Gasteiger partial charge in [-0.3, -0.25) is 0 Å². The maximum Gasteiger partial charge on any atom is 0.121 e. The molecule has 1 saturated heterocycles. The first-order valence-corrected chi connectivity index (χ1v) is 6.93. The average Bonchev–Trinajstić information content (AvgIpc) is 2.37. The Kier molecular flexibility index (Phi) is 4.88. The van der Waals surface area contributed by atoms with Gasteiger partial charge in [0.05, 0.1) is 6.61 Å². The smallest absolute Gasteiger partial charge is 0.121 e. The summed E-state index contributed by atoms with van der Waals surface area (Å²) in [6, 6.07) is 8.23. The van der Waals surface area contributed by atoms with Crippen molar-refractivity contribution in [2.45, 2.75) is 19.8 Å². The first kappa shape index (κ1) is 13.2. The first-order valence-electron chi connectivity index (χ1n) is 6.93. The van der Waals surface area contributed by atoms with Crippen LogP contribution in [0, 0.1) is 5.92 Å². The average molecular weight is 248 g/mol. The Morgan fingerprint density at radius 2 is 2.33 bits per heavy atom. The second-order valence-corrected chi connectivity index (χ2v) is 5.11. The summed E-state index contributed by atoms with van der Waals surface area (Å²) in [7, 11) is 2.21. The van der Waals surface area contributed by atoms with Crippen LogP contribution in [0.2, 0.25) is 0 Å². The van der Waals surface area contributed by atoms with Gasteiger partial charge in [-0.05, 0) is 51.4 Å². The predicted molar refractivity (Wildman–Crippen MR) is 76.3 cm³/mol. The quantitative estimate of drug-likeness (QED) is 0.867. The summed E-state index contributed by atoms with van der Waals surface area (Å²) < 4.78 is 5.51. The van der Waals surface area contributed by atoms with E-state index in [0.29, 0.717) is 0 Å². The van der Waals surface area contributed by atoms with Crippen molar-refractivity contribution >= 4 is 5.69 Å². The Labute approximate surface area is 110 Å². The molecule has 1 atom stereocenters. The number of rotatable bonds is 5. The minimum Gasteiger partial charge on any atom is -0.494 e. The lowest BCUT2D eigenvalue weighted by atomic mass is 9.98. The highest BCUT2D eigenvalue weighted by molar-refractivity contribution is 5.48. The number of nitrogens with zero attached hydrogens (tertiary/aromatic N) is 1. The van der Waals surface area contributed by atoms with Crippen LogP contribution in [0.1, 0.15) is 19.8 Å². The maximum absolute atomic E-state index is 5.51. The number of hydrogen-bond acceptors (Lipinski definition) is 3. The largest absolute Gasteiger partial charge is 0.494 e. The Bertz CT molecular complexity index is 367. The number of benzene rings is 1. The normalized spacial score (nSPS) is 20.7. The van der Waals surface area contributed by atoms with E-state index in [1.807, 2.05) is 19.1 Å². The van der Waals surface area contributed by atoms with Crippen molar-refractivity contribution in [3.05, 3.63) is 24.3 Å². The molecule has 1 aliphatic rings. The van der Waals surface area contributed by atoms with Crippen LogP contribution in [0.4, 0.5) is 5.69 Å². The van der Waals surface area contributed by atoms with E-state index in [1.165, 1.54) is 25.9 Å². The topological polar surface area (TPSA) is 24.5 Å². The summed E-state index contributed by atoms with van der Waals surface area (Å²) in [5.41, 5.74) is 1.16. The molecule has 1 aromatic rings. The third kappa shape index (κ3) is 3.91. The highest BCUT2D eigenvalue weighted by Crippen LogP contribution is 2.19. The van der Waals surface area contributed by atoms with E-state index in [2.05, 4.69) is 29.4 Å². The number of nitrogens with one attached hydrogen (secondary N) is 1. The lowest BCUT2D eigenvalue weighted by Crippen LogP contribution is -2.35. The minimum absolute atomic E-state index is 0.719. The Balaban J connectivity index is 1.83. The molecule has 3 heteroatoms. The fraction of sp³-hybridized carbons (Fsp3) is 0.600. The summed E-state index contributed by atoms with van der Waals surface area (Å²) >= 11 is 0. The van der Waals surface area contributed by atoms with E-state index in [-0.39, 0.29) is 0 Å². The monoisotopic (exact) mass is 248 g/mol.